The fourth-order valence-corrected chi connectivity index (χ4v) is 1.41. The van der Waals surface area contributed by atoms with Crippen LogP contribution < -0.4 is 5.32 Å². The quantitative estimate of drug-likeness (QED) is 0.618. The van der Waals surface area contributed by atoms with Gasteiger partial charge in [-0.25, -0.2) is 0 Å². The molecule has 0 saturated carbocycles. The Labute approximate surface area is 91.4 Å². The molecule has 7 heteroatoms. The number of non-ortho nitro benzene ring substituents is 1. The van der Waals surface area contributed by atoms with E-state index in [-0.39, 0.29) is 11.4 Å². The van der Waals surface area contributed by atoms with E-state index < -0.39 is 9.85 Å². The van der Waals surface area contributed by atoms with Crippen molar-refractivity contribution in [1.82, 2.24) is 5.32 Å². The van der Waals surface area contributed by atoms with Crippen molar-refractivity contribution in [1.29, 1.82) is 0 Å². The SMILES string of the molecule is CNCc1cc([N+](=O)[O-])cc([N+](=O)[O-])c1C. The van der Waals surface area contributed by atoms with Gasteiger partial charge in [-0.3, -0.25) is 20.2 Å². The molecule has 0 atom stereocenters. The Bertz CT molecular complexity index is 445. The number of nitrogens with zero attached hydrogens (tertiary/aromatic N) is 2. The van der Waals surface area contributed by atoms with Gasteiger partial charge in [0, 0.05) is 18.2 Å². The second-order valence-electron chi connectivity index (χ2n) is 3.29. The summed E-state index contributed by atoms with van der Waals surface area (Å²) in [5, 5.41) is 24.1. The van der Waals surface area contributed by atoms with Crippen molar-refractivity contribution in [2.45, 2.75) is 13.5 Å². The molecule has 0 aliphatic heterocycles. The smallest absolute Gasteiger partial charge is 0.279 e. The lowest BCUT2D eigenvalue weighted by molar-refractivity contribution is -0.394. The third-order valence-corrected chi connectivity index (χ3v) is 2.25. The maximum Gasteiger partial charge on any atom is 0.279 e. The summed E-state index contributed by atoms with van der Waals surface area (Å²) in [5.41, 5.74) is 0.523. The Morgan fingerprint density at radius 1 is 1.25 bits per heavy atom. The van der Waals surface area contributed by atoms with Crippen LogP contribution in [-0.4, -0.2) is 16.9 Å². The molecule has 0 aliphatic rings. The topological polar surface area (TPSA) is 98.3 Å². The standard InChI is InChI=1S/C9H11N3O4/c1-6-7(5-10-2)3-8(11(13)14)4-9(6)12(15)16/h3-4,10H,5H2,1-2H3. The summed E-state index contributed by atoms with van der Waals surface area (Å²) in [6.45, 7) is 1.93. The highest BCUT2D eigenvalue weighted by atomic mass is 16.6. The van der Waals surface area contributed by atoms with Crippen molar-refractivity contribution in [3.63, 3.8) is 0 Å². The third kappa shape index (κ3) is 2.31. The number of nitro benzene ring substituents is 2. The van der Waals surface area contributed by atoms with E-state index in [0.717, 1.165) is 6.07 Å². The van der Waals surface area contributed by atoms with Gasteiger partial charge in [-0.2, -0.15) is 0 Å². The molecular weight excluding hydrogens is 214 g/mol. The highest BCUT2D eigenvalue weighted by molar-refractivity contribution is 5.53. The molecule has 86 valence electrons. The molecule has 16 heavy (non-hydrogen) atoms. The molecule has 1 rings (SSSR count). The van der Waals surface area contributed by atoms with Gasteiger partial charge in [0.1, 0.15) is 0 Å². The molecule has 0 heterocycles. The number of nitro groups is 2. The van der Waals surface area contributed by atoms with E-state index in [2.05, 4.69) is 5.32 Å². The highest BCUT2D eigenvalue weighted by Crippen LogP contribution is 2.27. The van der Waals surface area contributed by atoms with Gasteiger partial charge in [-0.15, -0.1) is 0 Å². The van der Waals surface area contributed by atoms with Gasteiger partial charge < -0.3 is 5.32 Å². The fraction of sp³-hybridized carbons (Fsp3) is 0.333. The van der Waals surface area contributed by atoms with Crippen molar-refractivity contribution in [2.75, 3.05) is 7.05 Å². The number of rotatable bonds is 4. The van der Waals surface area contributed by atoms with Gasteiger partial charge in [0.05, 0.1) is 15.9 Å². The minimum absolute atomic E-state index is 0.223. The maximum absolute atomic E-state index is 10.7. The Kier molecular flexibility index (Phi) is 3.51. The molecule has 0 spiro atoms. The third-order valence-electron chi connectivity index (χ3n) is 2.25. The first-order valence-corrected chi connectivity index (χ1v) is 4.54. The average Bonchev–Trinajstić information content (AvgIpc) is 2.20. The van der Waals surface area contributed by atoms with Crippen LogP contribution in [0, 0.1) is 27.2 Å². The summed E-state index contributed by atoms with van der Waals surface area (Å²) in [4.78, 5) is 20.1. The molecule has 0 saturated heterocycles. The van der Waals surface area contributed by atoms with Crippen molar-refractivity contribution in [3.8, 4) is 0 Å². The molecule has 0 radical (unpaired) electrons. The van der Waals surface area contributed by atoms with Crippen LogP contribution in [0.5, 0.6) is 0 Å². The van der Waals surface area contributed by atoms with Crippen LogP contribution in [0.1, 0.15) is 11.1 Å². The van der Waals surface area contributed by atoms with Crippen LogP contribution in [0.15, 0.2) is 12.1 Å². The molecular formula is C9H11N3O4. The van der Waals surface area contributed by atoms with Crippen molar-refractivity contribution >= 4 is 11.4 Å². The first-order valence-electron chi connectivity index (χ1n) is 4.54. The Morgan fingerprint density at radius 2 is 1.88 bits per heavy atom. The summed E-state index contributed by atoms with van der Waals surface area (Å²) in [5.74, 6) is 0. The van der Waals surface area contributed by atoms with E-state index in [1.165, 1.54) is 6.07 Å². The van der Waals surface area contributed by atoms with E-state index in [1.807, 2.05) is 0 Å². The van der Waals surface area contributed by atoms with Crippen LogP contribution in [-0.2, 0) is 6.54 Å². The number of hydrogen-bond donors (Lipinski definition) is 1. The molecule has 0 unspecified atom stereocenters. The summed E-state index contributed by atoms with van der Waals surface area (Å²) in [6, 6.07) is 2.33. The van der Waals surface area contributed by atoms with Gasteiger partial charge >= 0.3 is 0 Å². The predicted molar refractivity (Wildman–Crippen MR) is 57.3 cm³/mol. The average molecular weight is 225 g/mol. The zero-order chi connectivity index (χ0) is 12.3. The van der Waals surface area contributed by atoms with Crippen LogP contribution >= 0.6 is 0 Å². The van der Waals surface area contributed by atoms with Crippen LogP contribution in [0.4, 0.5) is 11.4 Å². The maximum atomic E-state index is 10.7. The molecule has 7 nitrogen and oxygen atoms in total. The van der Waals surface area contributed by atoms with E-state index >= 15 is 0 Å². The second kappa shape index (κ2) is 4.67. The molecule has 1 aromatic rings. The minimum atomic E-state index is -0.633. The number of nitrogens with one attached hydrogen (secondary N) is 1. The first kappa shape index (κ1) is 12.1. The summed E-state index contributed by atoms with van der Waals surface area (Å²) >= 11 is 0. The first-order chi connectivity index (χ1) is 7.47. The number of benzene rings is 1. The van der Waals surface area contributed by atoms with Crippen LogP contribution in [0.3, 0.4) is 0 Å². The van der Waals surface area contributed by atoms with Gasteiger partial charge in [0.25, 0.3) is 11.4 Å². The van der Waals surface area contributed by atoms with E-state index in [1.54, 1.807) is 14.0 Å². The minimum Gasteiger partial charge on any atom is -0.316 e. The van der Waals surface area contributed by atoms with Crippen molar-refractivity contribution in [3.05, 3.63) is 43.5 Å². The zero-order valence-electron chi connectivity index (χ0n) is 8.89. The molecule has 1 N–H and O–H groups in total. The summed E-state index contributed by atoms with van der Waals surface area (Å²) in [6.07, 6.45) is 0. The van der Waals surface area contributed by atoms with Crippen LogP contribution in [0.25, 0.3) is 0 Å². The van der Waals surface area contributed by atoms with Crippen molar-refractivity contribution < 1.29 is 9.85 Å². The van der Waals surface area contributed by atoms with Gasteiger partial charge in [0.15, 0.2) is 0 Å². The highest BCUT2D eigenvalue weighted by Gasteiger charge is 2.20. The molecule has 0 amide bonds. The Morgan fingerprint density at radius 3 is 2.31 bits per heavy atom. The summed E-state index contributed by atoms with van der Waals surface area (Å²) < 4.78 is 0. The van der Waals surface area contributed by atoms with Crippen LogP contribution in [0.2, 0.25) is 0 Å². The Balaban J connectivity index is 3.38. The van der Waals surface area contributed by atoms with Gasteiger partial charge in [-0.1, -0.05) is 0 Å². The van der Waals surface area contributed by atoms with E-state index in [4.69, 9.17) is 0 Å². The lowest BCUT2D eigenvalue weighted by atomic mass is 10.1. The molecule has 1 aromatic carbocycles. The van der Waals surface area contributed by atoms with E-state index in [0.29, 0.717) is 17.7 Å². The Hall–Kier alpha value is -2.02. The largest absolute Gasteiger partial charge is 0.316 e. The lowest BCUT2D eigenvalue weighted by Gasteiger charge is -2.05. The predicted octanol–water partition coefficient (Wildman–Crippen LogP) is 1.53. The molecule has 0 bridgehead atoms. The molecule has 0 aliphatic carbocycles. The van der Waals surface area contributed by atoms with Gasteiger partial charge in [0.2, 0.25) is 0 Å². The van der Waals surface area contributed by atoms with Gasteiger partial charge in [-0.05, 0) is 19.5 Å². The summed E-state index contributed by atoms with van der Waals surface area (Å²) in [7, 11) is 1.67. The second-order valence-corrected chi connectivity index (χ2v) is 3.29. The van der Waals surface area contributed by atoms with E-state index in [9.17, 15) is 20.2 Å². The van der Waals surface area contributed by atoms with Crippen molar-refractivity contribution in [2.24, 2.45) is 0 Å². The zero-order valence-corrected chi connectivity index (χ0v) is 8.89. The fourth-order valence-electron chi connectivity index (χ4n) is 1.41. The normalized spacial score (nSPS) is 10.1. The molecule has 0 fully saturated rings. The lowest BCUT2D eigenvalue weighted by Crippen LogP contribution is -2.08. The molecule has 0 aromatic heterocycles. The monoisotopic (exact) mass is 225 g/mol. The number of hydrogen-bond acceptors (Lipinski definition) is 5.